The molecule has 1 aromatic carbocycles. The van der Waals surface area contributed by atoms with E-state index in [-0.39, 0.29) is 0 Å². The highest BCUT2D eigenvalue weighted by Gasteiger charge is 2.20. The Morgan fingerprint density at radius 1 is 1.47 bits per heavy atom. The van der Waals surface area contributed by atoms with Crippen molar-refractivity contribution in [3.63, 3.8) is 0 Å². The Morgan fingerprint density at radius 2 is 2.16 bits per heavy atom. The average Bonchev–Trinajstić information content (AvgIpc) is 2.37. The number of nitrogen functional groups attached to an aromatic ring is 1. The maximum atomic E-state index is 11.9. The van der Waals surface area contributed by atoms with Crippen LogP contribution in [0.15, 0.2) is 22.7 Å². The van der Waals surface area contributed by atoms with Crippen molar-refractivity contribution in [3.05, 3.63) is 28.2 Å². The Morgan fingerprint density at radius 3 is 2.68 bits per heavy atom. The molecule has 0 saturated heterocycles. The summed E-state index contributed by atoms with van der Waals surface area (Å²) in [6.45, 7) is 1.97. The minimum absolute atomic E-state index is 0.350. The molecule has 0 spiro atoms. The van der Waals surface area contributed by atoms with E-state index in [1.165, 1.54) is 6.07 Å². The van der Waals surface area contributed by atoms with E-state index in [4.69, 9.17) is 10.8 Å². The maximum Gasteiger partial charge on any atom is 0.326 e. The molecule has 6 heteroatoms. The molecular formula is C13H17BrN2O3. The van der Waals surface area contributed by atoms with Gasteiger partial charge in [-0.2, -0.15) is 0 Å². The van der Waals surface area contributed by atoms with Crippen molar-refractivity contribution >= 4 is 33.5 Å². The van der Waals surface area contributed by atoms with Gasteiger partial charge in [0.05, 0.1) is 0 Å². The van der Waals surface area contributed by atoms with Crippen LogP contribution in [0, 0.1) is 0 Å². The van der Waals surface area contributed by atoms with Crippen LogP contribution in [-0.2, 0) is 4.79 Å². The molecule has 1 amide bonds. The van der Waals surface area contributed by atoms with Crippen LogP contribution in [0.3, 0.4) is 0 Å². The van der Waals surface area contributed by atoms with Gasteiger partial charge in [-0.3, -0.25) is 4.79 Å². The van der Waals surface area contributed by atoms with Crippen molar-refractivity contribution in [2.75, 3.05) is 5.73 Å². The molecule has 1 atom stereocenters. The lowest BCUT2D eigenvalue weighted by atomic mass is 10.1. The van der Waals surface area contributed by atoms with E-state index >= 15 is 0 Å². The number of hydrogen-bond acceptors (Lipinski definition) is 3. The summed E-state index contributed by atoms with van der Waals surface area (Å²) < 4.78 is 0.699. The lowest BCUT2D eigenvalue weighted by Crippen LogP contribution is -2.40. The summed E-state index contributed by atoms with van der Waals surface area (Å²) in [7, 11) is 0. The number of carbonyl (C=O) groups is 2. The van der Waals surface area contributed by atoms with Gasteiger partial charge in [0.25, 0.3) is 5.91 Å². The smallest absolute Gasteiger partial charge is 0.326 e. The van der Waals surface area contributed by atoms with Gasteiger partial charge >= 0.3 is 5.97 Å². The number of hydrogen-bond donors (Lipinski definition) is 3. The monoisotopic (exact) mass is 328 g/mol. The van der Waals surface area contributed by atoms with E-state index in [1.54, 1.807) is 12.1 Å². The molecule has 19 heavy (non-hydrogen) atoms. The number of unbranched alkanes of at least 4 members (excludes halogenated alkanes) is 1. The summed E-state index contributed by atoms with van der Waals surface area (Å²) in [6.07, 6.45) is 2.05. The van der Waals surface area contributed by atoms with Gasteiger partial charge < -0.3 is 16.2 Å². The number of amides is 1. The Kier molecular flexibility index (Phi) is 5.82. The van der Waals surface area contributed by atoms with Crippen molar-refractivity contribution in [1.82, 2.24) is 5.32 Å². The summed E-state index contributed by atoms with van der Waals surface area (Å²) in [6, 6.07) is 3.90. The number of aliphatic carboxylic acids is 1. The number of halogens is 1. The molecule has 0 bridgehead atoms. The lowest BCUT2D eigenvalue weighted by molar-refractivity contribution is -0.139. The molecule has 0 aliphatic rings. The minimum atomic E-state index is -1.02. The molecular weight excluding hydrogens is 312 g/mol. The zero-order chi connectivity index (χ0) is 14.4. The molecule has 0 saturated carbocycles. The number of benzene rings is 1. The van der Waals surface area contributed by atoms with Gasteiger partial charge in [0.1, 0.15) is 6.04 Å². The van der Waals surface area contributed by atoms with Crippen molar-refractivity contribution in [3.8, 4) is 0 Å². The predicted octanol–water partition coefficient (Wildman–Crippen LogP) is 2.40. The van der Waals surface area contributed by atoms with Crippen LogP contribution >= 0.6 is 15.9 Å². The third-order valence-electron chi connectivity index (χ3n) is 2.71. The van der Waals surface area contributed by atoms with Crippen LogP contribution in [-0.4, -0.2) is 23.0 Å². The van der Waals surface area contributed by atoms with E-state index in [9.17, 15) is 9.59 Å². The molecule has 0 aliphatic carbocycles. The number of carboxylic acids is 1. The first-order valence-electron chi connectivity index (χ1n) is 6.04. The molecule has 0 radical (unpaired) electrons. The first-order chi connectivity index (χ1) is 8.95. The zero-order valence-electron chi connectivity index (χ0n) is 10.6. The average molecular weight is 329 g/mol. The highest BCUT2D eigenvalue weighted by molar-refractivity contribution is 9.10. The summed E-state index contributed by atoms with van der Waals surface area (Å²) in [5, 5.41) is 11.6. The Bertz CT molecular complexity index is 477. The summed E-state index contributed by atoms with van der Waals surface area (Å²) in [5.41, 5.74) is 6.47. The van der Waals surface area contributed by atoms with Gasteiger partial charge in [0.15, 0.2) is 0 Å². The molecule has 0 heterocycles. The SMILES string of the molecule is CCCC[C@H](NC(=O)c1ccc(Br)c(N)c1)C(=O)O. The lowest BCUT2D eigenvalue weighted by Gasteiger charge is -2.14. The molecule has 0 aliphatic heterocycles. The van der Waals surface area contributed by atoms with Crippen LogP contribution in [0.25, 0.3) is 0 Å². The molecule has 1 rings (SSSR count). The maximum absolute atomic E-state index is 11.9. The van der Waals surface area contributed by atoms with Gasteiger partial charge in [-0.15, -0.1) is 0 Å². The van der Waals surface area contributed by atoms with Crippen LogP contribution in [0.4, 0.5) is 5.69 Å². The summed E-state index contributed by atoms with van der Waals surface area (Å²) >= 11 is 3.24. The molecule has 0 unspecified atom stereocenters. The fourth-order valence-electron chi connectivity index (χ4n) is 1.59. The van der Waals surface area contributed by atoms with Crippen molar-refractivity contribution in [2.24, 2.45) is 0 Å². The highest BCUT2D eigenvalue weighted by Crippen LogP contribution is 2.20. The quantitative estimate of drug-likeness (QED) is 0.699. The fraction of sp³-hybridized carbons (Fsp3) is 0.385. The van der Waals surface area contributed by atoms with Crippen LogP contribution in [0.2, 0.25) is 0 Å². The third kappa shape index (κ3) is 4.55. The van der Waals surface area contributed by atoms with E-state index in [2.05, 4.69) is 21.2 Å². The number of nitrogens with two attached hydrogens (primary N) is 1. The fourth-order valence-corrected chi connectivity index (χ4v) is 1.84. The Balaban J connectivity index is 2.75. The zero-order valence-corrected chi connectivity index (χ0v) is 12.2. The third-order valence-corrected chi connectivity index (χ3v) is 3.43. The van der Waals surface area contributed by atoms with Crippen LogP contribution in [0.1, 0.15) is 36.5 Å². The summed E-state index contributed by atoms with van der Waals surface area (Å²) in [4.78, 5) is 23.0. The second-order valence-electron chi connectivity index (χ2n) is 4.24. The molecule has 5 nitrogen and oxygen atoms in total. The van der Waals surface area contributed by atoms with E-state index in [0.717, 1.165) is 12.8 Å². The second kappa shape index (κ2) is 7.13. The minimum Gasteiger partial charge on any atom is -0.480 e. The van der Waals surface area contributed by atoms with E-state index < -0.39 is 17.9 Å². The van der Waals surface area contributed by atoms with Gasteiger partial charge in [-0.1, -0.05) is 19.8 Å². The van der Waals surface area contributed by atoms with Gasteiger partial charge in [0, 0.05) is 15.7 Å². The molecule has 0 fully saturated rings. The largest absolute Gasteiger partial charge is 0.480 e. The van der Waals surface area contributed by atoms with Crippen LogP contribution < -0.4 is 11.1 Å². The van der Waals surface area contributed by atoms with Crippen molar-refractivity contribution in [1.29, 1.82) is 0 Å². The first kappa shape index (κ1) is 15.5. The first-order valence-corrected chi connectivity index (χ1v) is 6.83. The second-order valence-corrected chi connectivity index (χ2v) is 5.10. The van der Waals surface area contributed by atoms with Crippen molar-refractivity contribution in [2.45, 2.75) is 32.2 Å². The van der Waals surface area contributed by atoms with Crippen molar-refractivity contribution < 1.29 is 14.7 Å². The van der Waals surface area contributed by atoms with E-state index in [0.29, 0.717) is 22.1 Å². The Hall–Kier alpha value is -1.56. The standard InChI is InChI=1S/C13H17BrN2O3/c1-2-3-4-11(13(18)19)16-12(17)8-5-6-9(14)10(15)7-8/h5-7,11H,2-4,15H2,1H3,(H,16,17)(H,18,19)/t11-/m0/s1. The molecule has 104 valence electrons. The van der Waals surface area contributed by atoms with E-state index in [1.807, 2.05) is 6.92 Å². The van der Waals surface area contributed by atoms with Gasteiger partial charge in [0.2, 0.25) is 0 Å². The molecule has 1 aromatic rings. The normalized spacial score (nSPS) is 11.9. The number of rotatable bonds is 6. The number of nitrogens with one attached hydrogen (secondary N) is 1. The van der Waals surface area contributed by atoms with Gasteiger partial charge in [-0.05, 0) is 40.5 Å². The number of carbonyl (C=O) groups excluding carboxylic acids is 1. The predicted molar refractivity (Wildman–Crippen MR) is 77.0 cm³/mol. The number of anilines is 1. The Labute approximate surface area is 120 Å². The molecule has 4 N–H and O–H groups in total. The molecule has 0 aromatic heterocycles. The van der Waals surface area contributed by atoms with Crippen LogP contribution in [0.5, 0.6) is 0 Å². The number of carboxylic acid groups (broad SMARTS) is 1. The summed E-state index contributed by atoms with van der Waals surface area (Å²) in [5.74, 6) is -1.45. The highest BCUT2D eigenvalue weighted by atomic mass is 79.9. The topological polar surface area (TPSA) is 92.4 Å². The van der Waals surface area contributed by atoms with Gasteiger partial charge in [-0.25, -0.2) is 4.79 Å².